The van der Waals surface area contributed by atoms with Gasteiger partial charge in [0.2, 0.25) is 5.88 Å². The highest BCUT2D eigenvalue weighted by Crippen LogP contribution is 2.27. The van der Waals surface area contributed by atoms with Gasteiger partial charge in [-0.15, -0.1) is 24.0 Å². The van der Waals surface area contributed by atoms with Gasteiger partial charge in [0.1, 0.15) is 0 Å². The molecule has 0 fully saturated rings. The number of nitrogens with one attached hydrogen (secondary N) is 2. The van der Waals surface area contributed by atoms with Crippen LogP contribution in [0.4, 0.5) is 0 Å². The Balaban J connectivity index is 0.00000338. The number of rotatable bonds is 7. The van der Waals surface area contributed by atoms with Gasteiger partial charge >= 0.3 is 0 Å². The monoisotopic (exact) mass is 472 g/mol. The Labute approximate surface area is 171 Å². The van der Waals surface area contributed by atoms with Crippen molar-refractivity contribution in [3.63, 3.8) is 0 Å². The normalized spacial score (nSPS) is 10.5. The van der Waals surface area contributed by atoms with E-state index in [2.05, 4.69) is 20.6 Å². The minimum Gasteiger partial charge on any atom is -0.493 e. The van der Waals surface area contributed by atoms with Gasteiger partial charge in [0.05, 0.1) is 21.3 Å². The summed E-state index contributed by atoms with van der Waals surface area (Å²) < 4.78 is 15.7. The average molecular weight is 472 g/mol. The third kappa shape index (κ3) is 6.25. The van der Waals surface area contributed by atoms with E-state index in [0.717, 1.165) is 11.1 Å². The fourth-order valence-electron chi connectivity index (χ4n) is 2.25. The Hall–Kier alpha value is -2.23. The molecule has 0 aliphatic rings. The van der Waals surface area contributed by atoms with E-state index in [1.165, 1.54) is 0 Å². The summed E-state index contributed by atoms with van der Waals surface area (Å²) >= 11 is 0. The van der Waals surface area contributed by atoms with Crippen LogP contribution >= 0.6 is 24.0 Å². The summed E-state index contributed by atoms with van der Waals surface area (Å²) in [4.78, 5) is 8.32. The van der Waals surface area contributed by atoms with E-state index in [0.29, 0.717) is 36.4 Å². The molecule has 0 unspecified atom stereocenters. The summed E-state index contributed by atoms with van der Waals surface area (Å²) in [5, 5.41) is 6.53. The first kappa shape index (κ1) is 21.8. The van der Waals surface area contributed by atoms with Gasteiger partial charge in [0.15, 0.2) is 17.5 Å². The lowest BCUT2D eigenvalue weighted by molar-refractivity contribution is 0.354. The largest absolute Gasteiger partial charge is 0.493 e. The molecule has 0 bridgehead atoms. The van der Waals surface area contributed by atoms with E-state index in [1.807, 2.05) is 30.3 Å². The number of hydrogen-bond donors (Lipinski definition) is 2. The molecule has 2 N–H and O–H groups in total. The molecule has 0 aliphatic carbocycles. The zero-order valence-corrected chi connectivity index (χ0v) is 17.7. The smallest absolute Gasteiger partial charge is 0.213 e. The van der Waals surface area contributed by atoms with Crippen molar-refractivity contribution >= 4 is 29.9 Å². The minimum atomic E-state index is 0. The van der Waals surface area contributed by atoms with Crippen LogP contribution in [0.25, 0.3) is 0 Å². The Kier molecular flexibility index (Phi) is 9.56. The number of hydrogen-bond acceptors (Lipinski definition) is 5. The van der Waals surface area contributed by atoms with Crippen LogP contribution in [0.2, 0.25) is 0 Å². The zero-order valence-electron chi connectivity index (χ0n) is 15.4. The minimum absolute atomic E-state index is 0. The van der Waals surface area contributed by atoms with Crippen LogP contribution in [0, 0.1) is 0 Å². The molecule has 0 aliphatic heterocycles. The second-order valence-corrected chi connectivity index (χ2v) is 5.18. The number of ether oxygens (including phenoxy) is 3. The first-order chi connectivity index (χ1) is 12.2. The third-order valence-corrected chi connectivity index (χ3v) is 3.60. The maximum Gasteiger partial charge on any atom is 0.213 e. The molecular formula is C18H25IN4O3. The molecule has 2 aromatic rings. The van der Waals surface area contributed by atoms with E-state index in [4.69, 9.17) is 14.2 Å². The van der Waals surface area contributed by atoms with Crippen LogP contribution in [0.1, 0.15) is 11.1 Å². The van der Waals surface area contributed by atoms with Crippen molar-refractivity contribution in [3.05, 3.63) is 47.7 Å². The fraction of sp³-hybridized carbons (Fsp3) is 0.333. The van der Waals surface area contributed by atoms with E-state index in [1.54, 1.807) is 34.6 Å². The Bertz CT molecular complexity index is 725. The molecule has 8 heteroatoms. The van der Waals surface area contributed by atoms with Gasteiger partial charge in [0.25, 0.3) is 0 Å². The van der Waals surface area contributed by atoms with Gasteiger partial charge in [-0.05, 0) is 29.3 Å². The molecule has 0 atom stereocenters. The summed E-state index contributed by atoms with van der Waals surface area (Å²) in [5.74, 6) is 2.70. The molecule has 0 spiro atoms. The van der Waals surface area contributed by atoms with Gasteiger partial charge in [-0.25, -0.2) is 4.98 Å². The molecule has 1 heterocycles. The van der Waals surface area contributed by atoms with Gasteiger partial charge in [-0.3, -0.25) is 4.99 Å². The van der Waals surface area contributed by atoms with E-state index < -0.39 is 0 Å². The third-order valence-electron chi connectivity index (χ3n) is 3.60. The second-order valence-electron chi connectivity index (χ2n) is 5.18. The summed E-state index contributed by atoms with van der Waals surface area (Å²) in [6.07, 6.45) is 1.72. The highest BCUT2D eigenvalue weighted by atomic mass is 127. The number of guanidine groups is 1. The van der Waals surface area contributed by atoms with E-state index in [-0.39, 0.29) is 24.0 Å². The number of benzene rings is 1. The molecular weight excluding hydrogens is 447 g/mol. The summed E-state index contributed by atoms with van der Waals surface area (Å²) in [6, 6.07) is 9.61. The quantitative estimate of drug-likeness (QED) is 0.367. The van der Waals surface area contributed by atoms with E-state index in [9.17, 15) is 0 Å². The SMILES string of the molecule is CN=C(NCc1ccnc(OC)c1)NCc1ccc(OC)c(OC)c1.I. The zero-order chi connectivity index (χ0) is 18.1. The van der Waals surface area contributed by atoms with Crippen molar-refractivity contribution in [2.45, 2.75) is 13.1 Å². The summed E-state index contributed by atoms with van der Waals surface area (Å²) in [6.45, 7) is 1.23. The van der Waals surface area contributed by atoms with Crippen molar-refractivity contribution < 1.29 is 14.2 Å². The summed E-state index contributed by atoms with van der Waals surface area (Å²) in [7, 11) is 6.58. The van der Waals surface area contributed by atoms with Gasteiger partial charge < -0.3 is 24.8 Å². The molecule has 2 rings (SSSR count). The molecule has 0 saturated carbocycles. The maximum absolute atomic E-state index is 5.32. The number of methoxy groups -OCH3 is 3. The Morgan fingerprint density at radius 1 is 0.923 bits per heavy atom. The molecule has 26 heavy (non-hydrogen) atoms. The molecule has 142 valence electrons. The lowest BCUT2D eigenvalue weighted by Gasteiger charge is -2.14. The first-order valence-electron chi connectivity index (χ1n) is 7.84. The van der Waals surface area contributed by atoms with Crippen molar-refractivity contribution in [3.8, 4) is 17.4 Å². The Morgan fingerprint density at radius 2 is 1.58 bits per heavy atom. The van der Waals surface area contributed by atoms with Crippen LogP contribution in [-0.2, 0) is 13.1 Å². The number of halogens is 1. The molecule has 0 saturated heterocycles. The van der Waals surface area contributed by atoms with Crippen LogP contribution < -0.4 is 24.8 Å². The first-order valence-corrected chi connectivity index (χ1v) is 7.84. The lowest BCUT2D eigenvalue weighted by Crippen LogP contribution is -2.36. The van der Waals surface area contributed by atoms with Gasteiger partial charge in [0, 0.05) is 32.4 Å². The van der Waals surface area contributed by atoms with Crippen molar-refractivity contribution in [1.82, 2.24) is 15.6 Å². The van der Waals surface area contributed by atoms with Crippen LogP contribution in [-0.4, -0.2) is 39.3 Å². The summed E-state index contributed by atoms with van der Waals surface area (Å²) in [5.41, 5.74) is 2.12. The molecule has 0 radical (unpaired) electrons. The molecule has 0 amide bonds. The molecule has 1 aromatic heterocycles. The van der Waals surface area contributed by atoms with Crippen molar-refractivity contribution in [2.24, 2.45) is 4.99 Å². The number of aliphatic imine (C=N–C) groups is 1. The van der Waals surface area contributed by atoms with Crippen LogP contribution in [0.3, 0.4) is 0 Å². The van der Waals surface area contributed by atoms with Crippen LogP contribution in [0.15, 0.2) is 41.5 Å². The highest BCUT2D eigenvalue weighted by Gasteiger charge is 2.05. The highest BCUT2D eigenvalue weighted by molar-refractivity contribution is 14.0. The standard InChI is InChI=1S/C18H24N4O3.HI/c1-19-18(22-12-14-7-8-20-17(10-14)25-4)21-11-13-5-6-15(23-2)16(9-13)24-3;/h5-10H,11-12H2,1-4H3,(H2,19,21,22);1H. The number of nitrogens with zero attached hydrogens (tertiary/aromatic N) is 2. The average Bonchev–Trinajstić information content (AvgIpc) is 2.68. The predicted molar refractivity (Wildman–Crippen MR) is 113 cm³/mol. The van der Waals surface area contributed by atoms with Gasteiger partial charge in [-0.2, -0.15) is 0 Å². The predicted octanol–water partition coefficient (Wildman–Crippen LogP) is 2.59. The molecule has 7 nitrogen and oxygen atoms in total. The number of pyridine rings is 1. The second kappa shape index (κ2) is 11.4. The Morgan fingerprint density at radius 3 is 2.15 bits per heavy atom. The number of aromatic nitrogens is 1. The van der Waals surface area contributed by atoms with Gasteiger partial charge in [-0.1, -0.05) is 6.07 Å². The topological polar surface area (TPSA) is 77.0 Å². The van der Waals surface area contributed by atoms with Crippen LogP contribution in [0.5, 0.6) is 17.4 Å². The molecule has 1 aromatic carbocycles. The fourth-order valence-corrected chi connectivity index (χ4v) is 2.25. The van der Waals surface area contributed by atoms with Crippen molar-refractivity contribution in [1.29, 1.82) is 0 Å². The van der Waals surface area contributed by atoms with E-state index >= 15 is 0 Å². The maximum atomic E-state index is 5.32. The lowest BCUT2D eigenvalue weighted by atomic mass is 10.2. The van der Waals surface area contributed by atoms with Crippen molar-refractivity contribution in [2.75, 3.05) is 28.4 Å².